The fraction of sp³-hybridized carbons (Fsp3) is 0.611. The van der Waals surface area contributed by atoms with Gasteiger partial charge in [-0.25, -0.2) is 9.79 Å². The number of aliphatic imine (C=N–C) groups is 2. The highest BCUT2D eigenvalue weighted by molar-refractivity contribution is 6.15. The lowest BCUT2D eigenvalue weighted by atomic mass is 9.96. The van der Waals surface area contributed by atoms with Crippen LogP contribution in [0.15, 0.2) is 16.1 Å². The third kappa shape index (κ3) is 4.00. The zero-order valence-corrected chi connectivity index (χ0v) is 15.6. The molecule has 8 nitrogen and oxygen atoms in total. The maximum Gasteiger partial charge on any atom is 0.320 e. The van der Waals surface area contributed by atoms with Gasteiger partial charge >= 0.3 is 6.03 Å². The highest BCUT2D eigenvalue weighted by atomic mass is 16.2. The first-order chi connectivity index (χ1) is 12.5. The van der Waals surface area contributed by atoms with Gasteiger partial charge in [-0.3, -0.25) is 10.1 Å². The minimum absolute atomic E-state index is 0.193. The topological polar surface area (TPSA) is 101 Å². The molecule has 1 aromatic heterocycles. The number of carbonyl (C=O) groups excluding carboxylic acids is 2. The van der Waals surface area contributed by atoms with E-state index in [4.69, 9.17) is 0 Å². The minimum Gasteiger partial charge on any atom is -0.335 e. The molecule has 1 aliphatic heterocycles. The number of anilines is 1. The van der Waals surface area contributed by atoms with E-state index in [9.17, 15) is 9.59 Å². The molecule has 0 bridgehead atoms. The van der Waals surface area contributed by atoms with Gasteiger partial charge in [0.2, 0.25) is 0 Å². The normalized spacial score (nSPS) is 21.2. The Balaban J connectivity index is 1.76. The van der Waals surface area contributed by atoms with Crippen molar-refractivity contribution in [3.63, 3.8) is 0 Å². The number of urea groups is 1. The maximum absolute atomic E-state index is 12.3. The van der Waals surface area contributed by atoms with Crippen LogP contribution in [0.3, 0.4) is 0 Å². The van der Waals surface area contributed by atoms with E-state index in [0.29, 0.717) is 23.6 Å². The standard InChI is InChI=1S/C18H26N6O2/c1-4-14-12(3)19-17(22-16(14)25)24-15(10-11(2)23-24)21-18(26)20-13-8-6-5-7-9-13/h10,13-14H,4-9H2,1-3H3,(H2,20,21,26). The van der Waals surface area contributed by atoms with Crippen LogP contribution in [0.25, 0.3) is 0 Å². The Hall–Kier alpha value is -2.51. The van der Waals surface area contributed by atoms with Crippen molar-refractivity contribution in [2.45, 2.75) is 65.3 Å². The molecule has 26 heavy (non-hydrogen) atoms. The predicted molar refractivity (Wildman–Crippen MR) is 101 cm³/mol. The molecule has 0 radical (unpaired) electrons. The molecule has 1 unspecified atom stereocenters. The Morgan fingerprint density at radius 3 is 2.62 bits per heavy atom. The second-order valence-electron chi connectivity index (χ2n) is 6.98. The number of amides is 3. The fourth-order valence-electron chi connectivity index (χ4n) is 3.51. The molecule has 1 aliphatic carbocycles. The van der Waals surface area contributed by atoms with E-state index in [1.165, 1.54) is 11.1 Å². The smallest absolute Gasteiger partial charge is 0.320 e. The number of rotatable bonds is 3. The summed E-state index contributed by atoms with van der Waals surface area (Å²) >= 11 is 0. The summed E-state index contributed by atoms with van der Waals surface area (Å²) in [6.45, 7) is 5.57. The van der Waals surface area contributed by atoms with Gasteiger partial charge in [-0.1, -0.05) is 26.2 Å². The molecule has 8 heteroatoms. The van der Waals surface area contributed by atoms with Gasteiger partial charge in [0.05, 0.1) is 11.6 Å². The lowest BCUT2D eigenvalue weighted by Crippen LogP contribution is -2.39. The Morgan fingerprint density at radius 1 is 1.23 bits per heavy atom. The third-order valence-electron chi connectivity index (χ3n) is 4.90. The lowest BCUT2D eigenvalue weighted by molar-refractivity contribution is -0.119. The van der Waals surface area contributed by atoms with Gasteiger partial charge in [-0.2, -0.15) is 14.8 Å². The molecular weight excluding hydrogens is 332 g/mol. The third-order valence-corrected chi connectivity index (χ3v) is 4.90. The van der Waals surface area contributed by atoms with E-state index in [1.54, 1.807) is 6.07 Å². The Kier molecular flexibility index (Phi) is 5.49. The van der Waals surface area contributed by atoms with Crippen LogP contribution >= 0.6 is 0 Å². The van der Waals surface area contributed by atoms with E-state index in [0.717, 1.165) is 25.7 Å². The average molecular weight is 358 g/mol. The Labute approximate surface area is 153 Å². The van der Waals surface area contributed by atoms with E-state index >= 15 is 0 Å². The summed E-state index contributed by atoms with van der Waals surface area (Å²) in [5.41, 5.74) is 1.42. The molecule has 140 valence electrons. The molecule has 0 saturated heterocycles. The van der Waals surface area contributed by atoms with E-state index in [2.05, 4.69) is 25.7 Å². The van der Waals surface area contributed by atoms with E-state index in [-0.39, 0.29) is 29.9 Å². The van der Waals surface area contributed by atoms with Crippen LogP contribution in [-0.2, 0) is 4.79 Å². The first kappa shape index (κ1) is 18.3. The largest absolute Gasteiger partial charge is 0.335 e. The van der Waals surface area contributed by atoms with Crippen LogP contribution in [-0.4, -0.2) is 39.4 Å². The van der Waals surface area contributed by atoms with Crippen LogP contribution in [0.4, 0.5) is 10.6 Å². The number of carbonyl (C=O) groups is 2. The molecule has 0 spiro atoms. The van der Waals surface area contributed by atoms with Crippen LogP contribution in [0.2, 0.25) is 0 Å². The summed E-state index contributed by atoms with van der Waals surface area (Å²) in [6.07, 6.45) is 6.21. The first-order valence-corrected chi connectivity index (χ1v) is 9.30. The van der Waals surface area contributed by atoms with E-state index in [1.807, 2.05) is 20.8 Å². The molecular formula is C18H26N6O2. The van der Waals surface area contributed by atoms with Crippen molar-refractivity contribution in [3.05, 3.63) is 11.8 Å². The van der Waals surface area contributed by atoms with Gasteiger partial charge in [0.25, 0.3) is 11.9 Å². The van der Waals surface area contributed by atoms with Gasteiger partial charge in [0.15, 0.2) is 0 Å². The van der Waals surface area contributed by atoms with Crippen LogP contribution < -0.4 is 10.6 Å². The van der Waals surface area contributed by atoms with Gasteiger partial charge < -0.3 is 5.32 Å². The van der Waals surface area contributed by atoms with Crippen LogP contribution in [0, 0.1) is 12.8 Å². The number of aromatic nitrogens is 2. The van der Waals surface area contributed by atoms with Crippen molar-refractivity contribution < 1.29 is 9.59 Å². The first-order valence-electron chi connectivity index (χ1n) is 9.30. The molecule has 1 atom stereocenters. The summed E-state index contributed by atoms with van der Waals surface area (Å²) in [5.74, 6) is 0.148. The Morgan fingerprint density at radius 2 is 1.96 bits per heavy atom. The second-order valence-corrected chi connectivity index (χ2v) is 6.98. The average Bonchev–Trinajstić information content (AvgIpc) is 2.95. The predicted octanol–water partition coefficient (Wildman–Crippen LogP) is 2.88. The van der Waals surface area contributed by atoms with Gasteiger partial charge in [0, 0.05) is 17.8 Å². The van der Waals surface area contributed by atoms with Crippen LogP contribution in [0.1, 0.15) is 58.1 Å². The number of aryl methyl sites for hydroxylation is 1. The molecule has 0 aromatic carbocycles. The van der Waals surface area contributed by atoms with Gasteiger partial charge in [0.1, 0.15) is 5.82 Å². The molecule has 2 N–H and O–H groups in total. The summed E-state index contributed by atoms with van der Waals surface area (Å²) in [6, 6.07) is 1.68. The molecule has 3 amide bonds. The zero-order chi connectivity index (χ0) is 18.7. The van der Waals surface area contributed by atoms with Gasteiger partial charge in [-0.15, -0.1) is 0 Å². The zero-order valence-electron chi connectivity index (χ0n) is 15.6. The fourth-order valence-corrected chi connectivity index (χ4v) is 3.51. The number of nitrogens with one attached hydrogen (secondary N) is 2. The van der Waals surface area contributed by atoms with Crippen molar-refractivity contribution in [3.8, 4) is 0 Å². The summed E-state index contributed by atoms with van der Waals surface area (Å²) < 4.78 is 1.42. The van der Waals surface area contributed by atoms with Crippen molar-refractivity contribution in [2.75, 3.05) is 5.32 Å². The second kappa shape index (κ2) is 7.80. The summed E-state index contributed by atoms with van der Waals surface area (Å²) in [7, 11) is 0. The summed E-state index contributed by atoms with van der Waals surface area (Å²) in [4.78, 5) is 33.1. The number of hydrogen-bond donors (Lipinski definition) is 2. The quantitative estimate of drug-likeness (QED) is 0.868. The lowest BCUT2D eigenvalue weighted by Gasteiger charge is -2.23. The van der Waals surface area contributed by atoms with Crippen molar-refractivity contribution in [2.24, 2.45) is 15.9 Å². The highest BCUT2D eigenvalue weighted by Gasteiger charge is 2.26. The van der Waals surface area contributed by atoms with Crippen molar-refractivity contribution >= 4 is 29.4 Å². The monoisotopic (exact) mass is 358 g/mol. The van der Waals surface area contributed by atoms with Crippen molar-refractivity contribution in [1.82, 2.24) is 15.1 Å². The van der Waals surface area contributed by atoms with Gasteiger partial charge in [-0.05, 0) is 33.1 Å². The molecule has 1 aromatic rings. The molecule has 2 heterocycles. The van der Waals surface area contributed by atoms with Crippen LogP contribution in [0.5, 0.6) is 0 Å². The SMILES string of the molecule is CCC1C(=O)N=C(n2nc(C)cc2NC(=O)NC2CCCCC2)N=C1C. The van der Waals surface area contributed by atoms with Crippen molar-refractivity contribution in [1.29, 1.82) is 0 Å². The molecule has 3 rings (SSSR count). The highest BCUT2D eigenvalue weighted by Crippen LogP contribution is 2.19. The number of nitrogens with zero attached hydrogens (tertiary/aromatic N) is 4. The summed E-state index contributed by atoms with van der Waals surface area (Å²) in [5, 5.41) is 10.2. The minimum atomic E-state index is -0.276. The maximum atomic E-state index is 12.3. The molecule has 2 aliphatic rings. The molecule has 1 saturated carbocycles. The Bertz CT molecular complexity index is 758. The van der Waals surface area contributed by atoms with E-state index < -0.39 is 0 Å². The molecule has 1 fully saturated rings. The number of hydrogen-bond acceptors (Lipinski definition) is 4.